The predicted molar refractivity (Wildman–Crippen MR) is 66.1 cm³/mol. The molecule has 0 aliphatic carbocycles. The molecule has 2 rings (SSSR count). The fraction of sp³-hybridized carbons (Fsp3) is 0.500. The predicted octanol–water partition coefficient (Wildman–Crippen LogP) is -0.199. The number of non-ortho nitro benzene ring substituents is 1. The van der Waals surface area contributed by atoms with E-state index in [9.17, 15) is 25.4 Å². The second-order valence-corrected chi connectivity index (χ2v) is 4.55. The number of aliphatic hydroxyl groups is 3. The van der Waals surface area contributed by atoms with Crippen molar-refractivity contribution in [3.05, 3.63) is 34.4 Å². The number of benzene rings is 1. The average molecular weight is 285 g/mol. The third-order valence-electron chi connectivity index (χ3n) is 3.11. The van der Waals surface area contributed by atoms with Gasteiger partial charge in [0.2, 0.25) is 6.29 Å². The van der Waals surface area contributed by atoms with Crippen molar-refractivity contribution in [3.63, 3.8) is 0 Å². The van der Waals surface area contributed by atoms with Crippen molar-refractivity contribution in [3.8, 4) is 5.75 Å². The van der Waals surface area contributed by atoms with Gasteiger partial charge in [-0.05, 0) is 19.1 Å². The minimum atomic E-state index is -1.42. The van der Waals surface area contributed by atoms with E-state index in [4.69, 9.17) is 9.47 Å². The van der Waals surface area contributed by atoms with Crippen molar-refractivity contribution < 1.29 is 29.7 Å². The van der Waals surface area contributed by atoms with Gasteiger partial charge in [-0.2, -0.15) is 0 Å². The Morgan fingerprint density at radius 1 is 1.15 bits per heavy atom. The Labute approximate surface area is 114 Å². The smallest absolute Gasteiger partial charge is 0.269 e. The first-order chi connectivity index (χ1) is 9.40. The summed E-state index contributed by atoms with van der Waals surface area (Å²) in [5.74, 6) is 0.246. The van der Waals surface area contributed by atoms with Crippen LogP contribution in [0.4, 0.5) is 5.69 Å². The van der Waals surface area contributed by atoms with E-state index in [1.54, 1.807) is 0 Å². The van der Waals surface area contributed by atoms with E-state index in [-0.39, 0.29) is 11.4 Å². The molecule has 1 fully saturated rings. The Bertz CT molecular complexity index is 477. The summed E-state index contributed by atoms with van der Waals surface area (Å²) < 4.78 is 10.6. The van der Waals surface area contributed by atoms with Crippen LogP contribution in [0.3, 0.4) is 0 Å². The lowest BCUT2D eigenvalue weighted by Gasteiger charge is -2.38. The van der Waals surface area contributed by atoms with Crippen LogP contribution < -0.4 is 4.74 Å². The first-order valence-electron chi connectivity index (χ1n) is 6.01. The molecule has 0 spiro atoms. The SMILES string of the molecule is CC1O[C@@H](Oc2ccc([N+](=O)[O-])cc2)[C@H](O)[C@H](O)[C@H]1O. The van der Waals surface area contributed by atoms with E-state index in [1.807, 2.05) is 0 Å². The van der Waals surface area contributed by atoms with Crippen molar-refractivity contribution in [2.24, 2.45) is 0 Å². The second-order valence-electron chi connectivity index (χ2n) is 4.55. The summed E-state index contributed by atoms with van der Waals surface area (Å²) in [7, 11) is 0. The highest BCUT2D eigenvalue weighted by Crippen LogP contribution is 2.25. The monoisotopic (exact) mass is 285 g/mol. The van der Waals surface area contributed by atoms with E-state index in [2.05, 4.69) is 0 Å². The maximum atomic E-state index is 10.5. The molecule has 1 aromatic carbocycles. The summed E-state index contributed by atoms with van der Waals surface area (Å²) >= 11 is 0. The summed E-state index contributed by atoms with van der Waals surface area (Å²) in [6.07, 6.45) is -5.89. The molecule has 0 amide bonds. The number of ether oxygens (including phenoxy) is 2. The maximum Gasteiger partial charge on any atom is 0.269 e. The quantitative estimate of drug-likeness (QED) is 0.519. The molecule has 0 bridgehead atoms. The fourth-order valence-electron chi connectivity index (χ4n) is 1.89. The van der Waals surface area contributed by atoms with Crippen molar-refractivity contribution in [2.75, 3.05) is 0 Å². The highest BCUT2D eigenvalue weighted by Gasteiger charge is 2.43. The van der Waals surface area contributed by atoms with Crippen LogP contribution in [0, 0.1) is 10.1 Å². The van der Waals surface area contributed by atoms with Crippen LogP contribution in [0.15, 0.2) is 24.3 Å². The van der Waals surface area contributed by atoms with E-state index in [0.717, 1.165) is 0 Å². The van der Waals surface area contributed by atoms with Crippen LogP contribution in [-0.2, 0) is 4.74 Å². The number of rotatable bonds is 3. The molecule has 1 aliphatic rings. The molecule has 1 unspecified atom stereocenters. The summed E-state index contributed by atoms with van der Waals surface area (Å²) in [5.41, 5.74) is -0.0914. The van der Waals surface area contributed by atoms with Crippen LogP contribution in [0.5, 0.6) is 5.75 Å². The zero-order chi connectivity index (χ0) is 14.9. The summed E-state index contributed by atoms with van der Waals surface area (Å²) in [6, 6.07) is 5.21. The zero-order valence-corrected chi connectivity index (χ0v) is 10.6. The van der Waals surface area contributed by atoms with E-state index in [0.29, 0.717) is 0 Å². The molecule has 0 aromatic heterocycles. The Morgan fingerprint density at radius 2 is 1.75 bits per heavy atom. The Hall–Kier alpha value is -1.74. The molecular weight excluding hydrogens is 270 g/mol. The Morgan fingerprint density at radius 3 is 2.30 bits per heavy atom. The van der Waals surface area contributed by atoms with Crippen LogP contribution >= 0.6 is 0 Å². The summed E-state index contributed by atoms with van der Waals surface area (Å²) in [6.45, 7) is 1.53. The lowest BCUT2D eigenvalue weighted by molar-refractivity contribution is -0.384. The largest absolute Gasteiger partial charge is 0.462 e. The molecule has 3 N–H and O–H groups in total. The zero-order valence-electron chi connectivity index (χ0n) is 10.6. The minimum absolute atomic E-state index is 0.0914. The van der Waals surface area contributed by atoms with Gasteiger partial charge in [-0.25, -0.2) is 0 Å². The molecule has 0 radical (unpaired) electrons. The van der Waals surface area contributed by atoms with Gasteiger partial charge in [0.25, 0.3) is 5.69 Å². The molecule has 5 atom stereocenters. The topological polar surface area (TPSA) is 122 Å². The normalized spacial score (nSPS) is 33.7. The van der Waals surface area contributed by atoms with Crippen LogP contribution in [-0.4, -0.2) is 50.9 Å². The average Bonchev–Trinajstić information content (AvgIpc) is 2.43. The standard InChI is InChI=1S/C12H15NO7/c1-6-9(14)10(15)11(16)12(19-6)20-8-4-2-7(3-5-8)13(17)18/h2-6,9-12,14-16H,1H3/t6?,9-,10+,11+,12-/m0/s1. The third-order valence-corrected chi connectivity index (χ3v) is 3.11. The summed E-state index contributed by atoms with van der Waals surface area (Å²) in [4.78, 5) is 9.97. The molecule has 1 heterocycles. The van der Waals surface area contributed by atoms with Gasteiger partial charge in [0.15, 0.2) is 0 Å². The van der Waals surface area contributed by atoms with E-state index in [1.165, 1.54) is 31.2 Å². The van der Waals surface area contributed by atoms with Gasteiger partial charge >= 0.3 is 0 Å². The van der Waals surface area contributed by atoms with Gasteiger partial charge in [0, 0.05) is 12.1 Å². The van der Waals surface area contributed by atoms with Crippen molar-refractivity contribution >= 4 is 5.69 Å². The van der Waals surface area contributed by atoms with Gasteiger partial charge in [-0.15, -0.1) is 0 Å². The molecule has 110 valence electrons. The van der Waals surface area contributed by atoms with Gasteiger partial charge in [0.1, 0.15) is 24.1 Å². The van der Waals surface area contributed by atoms with Gasteiger partial charge in [-0.3, -0.25) is 10.1 Å². The first kappa shape index (κ1) is 14.7. The second kappa shape index (κ2) is 5.71. The first-order valence-corrected chi connectivity index (χ1v) is 6.01. The number of aliphatic hydroxyl groups excluding tert-OH is 3. The minimum Gasteiger partial charge on any atom is -0.462 e. The van der Waals surface area contributed by atoms with E-state index < -0.39 is 35.6 Å². The number of nitrogens with zero attached hydrogens (tertiary/aromatic N) is 1. The molecule has 1 aromatic rings. The van der Waals surface area contributed by atoms with E-state index >= 15 is 0 Å². The third kappa shape index (κ3) is 2.88. The van der Waals surface area contributed by atoms with Crippen LogP contribution in [0.1, 0.15) is 6.92 Å². The molecular formula is C12H15NO7. The van der Waals surface area contributed by atoms with Gasteiger partial charge < -0.3 is 24.8 Å². The number of hydrogen-bond donors (Lipinski definition) is 3. The molecule has 8 nitrogen and oxygen atoms in total. The van der Waals surface area contributed by atoms with Crippen LogP contribution in [0.2, 0.25) is 0 Å². The lowest BCUT2D eigenvalue weighted by Crippen LogP contribution is -2.58. The number of nitro benzene ring substituents is 1. The molecule has 1 saturated heterocycles. The maximum absolute atomic E-state index is 10.5. The lowest BCUT2D eigenvalue weighted by atomic mass is 10.00. The molecule has 8 heteroatoms. The number of hydrogen-bond acceptors (Lipinski definition) is 7. The highest BCUT2D eigenvalue weighted by atomic mass is 16.7. The summed E-state index contributed by atoms with van der Waals surface area (Å²) in [5, 5.41) is 39.4. The van der Waals surface area contributed by atoms with Crippen molar-refractivity contribution in [1.82, 2.24) is 0 Å². The molecule has 0 saturated carbocycles. The van der Waals surface area contributed by atoms with Gasteiger partial charge in [-0.1, -0.05) is 0 Å². The highest BCUT2D eigenvalue weighted by molar-refractivity contribution is 5.36. The molecule has 1 aliphatic heterocycles. The Kier molecular flexibility index (Phi) is 4.19. The van der Waals surface area contributed by atoms with Gasteiger partial charge in [0.05, 0.1) is 11.0 Å². The molecule has 20 heavy (non-hydrogen) atoms. The number of nitro groups is 1. The fourth-order valence-corrected chi connectivity index (χ4v) is 1.89. The van der Waals surface area contributed by atoms with Crippen molar-refractivity contribution in [1.29, 1.82) is 0 Å². The van der Waals surface area contributed by atoms with Crippen molar-refractivity contribution in [2.45, 2.75) is 37.6 Å². The Balaban J connectivity index is 2.07. The van der Waals surface area contributed by atoms with Crippen LogP contribution in [0.25, 0.3) is 0 Å².